The fourth-order valence-electron chi connectivity index (χ4n) is 1.80. The molecule has 0 amide bonds. The molecule has 0 saturated carbocycles. The highest BCUT2D eigenvalue weighted by Gasteiger charge is 2.08. The quantitative estimate of drug-likeness (QED) is 0.826. The standard InChI is InChI=1S/C15H16N2O3S/c1-18-11-6-12(19-2)8-13(7-11)20-9-10-4-3-5-17-14(10)15(16)21/h3-8H,9H2,1-2H3,(H2,16,21). The maximum absolute atomic E-state index is 5.75. The first-order valence-corrected chi connectivity index (χ1v) is 6.64. The number of pyridine rings is 1. The number of ether oxygens (including phenoxy) is 3. The van der Waals surface area contributed by atoms with E-state index in [0.717, 1.165) is 5.56 Å². The molecule has 0 fully saturated rings. The van der Waals surface area contributed by atoms with Crippen molar-refractivity contribution in [3.8, 4) is 17.2 Å². The Morgan fingerprint density at radius 1 is 1.14 bits per heavy atom. The summed E-state index contributed by atoms with van der Waals surface area (Å²) in [6.07, 6.45) is 1.65. The largest absolute Gasteiger partial charge is 0.496 e. The lowest BCUT2D eigenvalue weighted by molar-refractivity contribution is 0.300. The lowest BCUT2D eigenvalue weighted by atomic mass is 10.2. The summed E-state index contributed by atoms with van der Waals surface area (Å²) in [6.45, 7) is 0.302. The summed E-state index contributed by atoms with van der Waals surface area (Å²) in [5.74, 6) is 1.94. The van der Waals surface area contributed by atoms with Gasteiger partial charge in [-0.15, -0.1) is 0 Å². The van der Waals surface area contributed by atoms with Crippen LogP contribution in [0.3, 0.4) is 0 Å². The van der Waals surface area contributed by atoms with Crippen LogP contribution in [0.4, 0.5) is 0 Å². The van der Waals surface area contributed by atoms with Crippen molar-refractivity contribution in [1.29, 1.82) is 0 Å². The molecule has 21 heavy (non-hydrogen) atoms. The summed E-state index contributed by atoms with van der Waals surface area (Å²) >= 11 is 4.98. The average molecular weight is 304 g/mol. The molecule has 2 aromatic rings. The molecule has 1 aromatic heterocycles. The highest BCUT2D eigenvalue weighted by atomic mass is 32.1. The summed E-state index contributed by atoms with van der Waals surface area (Å²) in [4.78, 5) is 4.41. The molecule has 0 aliphatic rings. The summed E-state index contributed by atoms with van der Waals surface area (Å²) in [5.41, 5.74) is 7.05. The number of aromatic nitrogens is 1. The molecule has 5 nitrogen and oxygen atoms in total. The van der Waals surface area contributed by atoms with E-state index in [4.69, 9.17) is 32.2 Å². The molecular weight excluding hydrogens is 288 g/mol. The van der Waals surface area contributed by atoms with Gasteiger partial charge in [0.05, 0.1) is 14.2 Å². The zero-order valence-corrected chi connectivity index (χ0v) is 12.6. The Bertz CT molecular complexity index is 624. The van der Waals surface area contributed by atoms with Gasteiger partial charge in [-0.25, -0.2) is 0 Å². The maximum atomic E-state index is 5.75. The highest BCUT2D eigenvalue weighted by molar-refractivity contribution is 7.80. The fourth-order valence-corrected chi connectivity index (χ4v) is 1.99. The molecule has 0 saturated heterocycles. The Labute approximate surface area is 128 Å². The topological polar surface area (TPSA) is 66.6 Å². The van der Waals surface area contributed by atoms with E-state index in [1.165, 1.54) is 0 Å². The average Bonchev–Trinajstić information content (AvgIpc) is 2.52. The second kappa shape index (κ2) is 6.90. The Hall–Kier alpha value is -2.34. The maximum Gasteiger partial charge on any atom is 0.127 e. The van der Waals surface area contributed by atoms with Crippen molar-refractivity contribution in [2.24, 2.45) is 5.73 Å². The van der Waals surface area contributed by atoms with Crippen LogP contribution in [0.5, 0.6) is 17.2 Å². The summed E-state index contributed by atoms with van der Waals surface area (Å²) in [6, 6.07) is 9.02. The van der Waals surface area contributed by atoms with E-state index in [1.54, 1.807) is 38.6 Å². The van der Waals surface area contributed by atoms with E-state index in [0.29, 0.717) is 29.5 Å². The minimum absolute atomic E-state index is 0.248. The number of nitrogens with zero attached hydrogens (tertiary/aromatic N) is 1. The van der Waals surface area contributed by atoms with Crippen molar-refractivity contribution in [2.75, 3.05) is 14.2 Å². The van der Waals surface area contributed by atoms with E-state index in [-0.39, 0.29) is 4.99 Å². The number of nitrogens with two attached hydrogens (primary N) is 1. The van der Waals surface area contributed by atoms with Gasteiger partial charge in [-0.05, 0) is 6.07 Å². The first-order chi connectivity index (χ1) is 10.1. The van der Waals surface area contributed by atoms with Crippen LogP contribution in [0.15, 0.2) is 36.5 Å². The minimum Gasteiger partial charge on any atom is -0.496 e. The van der Waals surface area contributed by atoms with Crippen LogP contribution in [0.1, 0.15) is 11.3 Å². The van der Waals surface area contributed by atoms with Crippen molar-refractivity contribution in [1.82, 2.24) is 4.98 Å². The highest BCUT2D eigenvalue weighted by Crippen LogP contribution is 2.28. The monoisotopic (exact) mass is 304 g/mol. The minimum atomic E-state index is 0.248. The van der Waals surface area contributed by atoms with E-state index in [2.05, 4.69) is 4.98 Å². The van der Waals surface area contributed by atoms with Crippen LogP contribution in [-0.4, -0.2) is 24.2 Å². The molecule has 1 aromatic carbocycles. The fraction of sp³-hybridized carbons (Fsp3) is 0.200. The van der Waals surface area contributed by atoms with Crippen LogP contribution >= 0.6 is 12.2 Å². The van der Waals surface area contributed by atoms with Gasteiger partial charge in [-0.1, -0.05) is 18.3 Å². The second-order valence-corrected chi connectivity index (χ2v) is 4.65. The SMILES string of the molecule is COc1cc(OC)cc(OCc2cccnc2C(N)=S)c1. The third kappa shape index (κ3) is 3.82. The van der Waals surface area contributed by atoms with E-state index in [1.807, 2.05) is 12.1 Å². The molecule has 0 spiro atoms. The molecule has 110 valence electrons. The molecular formula is C15H16N2O3S. The van der Waals surface area contributed by atoms with Crippen LogP contribution in [0, 0.1) is 0 Å². The summed E-state index contributed by atoms with van der Waals surface area (Å²) in [7, 11) is 3.18. The molecule has 2 rings (SSSR count). The van der Waals surface area contributed by atoms with Crippen molar-refractivity contribution in [3.05, 3.63) is 47.8 Å². The summed E-state index contributed by atoms with van der Waals surface area (Å²) in [5, 5.41) is 0. The van der Waals surface area contributed by atoms with Gasteiger partial charge in [0.15, 0.2) is 0 Å². The number of hydrogen-bond donors (Lipinski definition) is 1. The third-order valence-corrected chi connectivity index (χ3v) is 3.04. The second-order valence-electron chi connectivity index (χ2n) is 4.21. The smallest absolute Gasteiger partial charge is 0.127 e. The molecule has 1 heterocycles. The molecule has 2 N–H and O–H groups in total. The van der Waals surface area contributed by atoms with Gasteiger partial charge in [0.25, 0.3) is 0 Å². The summed E-state index contributed by atoms with van der Waals surface area (Å²) < 4.78 is 16.1. The predicted molar refractivity (Wildman–Crippen MR) is 84.0 cm³/mol. The van der Waals surface area contributed by atoms with Crippen LogP contribution in [-0.2, 0) is 6.61 Å². The molecule has 0 unspecified atom stereocenters. The molecule has 6 heteroatoms. The van der Waals surface area contributed by atoms with Crippen molar-refractivity contribution in [3.63, 3.8) is 0 Å². The normalized spacial score (nSPS) is 10.0. The van der Waals surface area contributed by atoms with E-state index >= 15 is 0 Å². The van der Waals surface area contributed by atoms with E-state index < -0.39 is 0 Å². The van der Waals surface area contributed by atoms with Gasteiger partial charge < -0.3 is 19.9 Å². The lowest BCUT2D eigenvalue weighted by Gasteiger charge is -2.11. The zero-order valence-electron chi connectivity index (χ0n) is 11.8. The Morgan fingerprint density at radius 3 is 2.33 bits per heavy atom. The Morgan fingerprint density at radius 2 is 1.76 bits per heavy atom. The zero-order chi connectivity index (χ0) is 15.2. The number of benzene rings is 1. The van der Waals surface area contributed by atoms with Gasteiger partial charge >= 0.3 is 0 Å². The molecule has 0 atom stereocenters. The number of thiocarbonyl (C=S) groups is 1. The van der Waals surface area contributed by atoms with Gasteiger partial charge in [0, 0.05) is 30.0 Å². The van der Waals surface area contributed by atoms with Crippen LogP contribution in [0.2, 0.25) is 0 Å². The Balaban J connectivity index is 2.18. The molecule has 0 aliphatic carbocycles. The van der Waals surface area contributed by atoms with Crippen molar-refractivity contribution in [2.45, 2.75) is 6.61 Å². The lowest BCUT2D eigenvalue weighted by Crippen LogP contribution is -2.15. The van der Waals surface area contributed by atoms with E-state index in [9.17, 15) is 0 Å². The first-order valence-electron chi connectivity index (χ1n) is 6.23. The van der Waals surface area contributed by atoms with Gasteiger partial charge in [-0.2, -0.15) is 0 Å². The van der Waals surface area contributed by atoms with Crippen molar-refractivity contribution >= 4 is 17.2 Å². The molecule has 0 aliphatic heterocycles. The predicted octanol–water partition coefficient (Wildman–Crippen LogP) is 2.31. The van der Waals surface area contributed by atoms with Gasteiger partial charge in [0.1, 0.15) is 34.5 Å². The number of rotatable bonds is 6. The van der Waals surface area contributed by atoms with Crippen LogP contribution in [0.25, 0.3) is 0 Å². The molecule has 0 bridgehead atoms. The molecule has 0 radical (unpaired) electrons. The van der Waals surface area contributed by atoms with Crippen molar-refractivity contribution < 1.29 is 14.2 Å². The van der Waals surface area contributed by atoms with Gasteiger partial charge in [0.2, 0.25) is 0 Å². The van der Waals surface area contributed by atoms with Gasteiger partial charge in [-0.3, -0.25) is 4.98 Å². The Kier molecular flexibility index (Phi) is 4.94. The third-order valence-electron chi connectivity index (χ3n) is 2.84. The number of methoxy groups -OCH3 is 2. The van der Waals surface area contributed by atoms with Crippen LogP contribution < -0.4 is 19.9 Å². The first kappa shape index (κ1) is 15.1. The number of hydrogen-bond acceptors (Lipinski definition) is 5.